The summed E-state index contributed by atoms with van der Waals surface area (Å²) in [6.07, 6.45) is 1.11. The summed E-state index contributed by atoms with van der Waals surface area (Å²) in [4.78, 5) is 2.89. The molecular weight excluding hydrogens is 233 g/mol. The summed E-state index contributed by atoms with van der Waals surface area (Å²) < 4.78 is 39.8. The number of halogens is 2. The van der Waals surface area contributed by atoms with Crippen LogP contribution in [0.25, 0.3) is 0 Å². The molecule has 1 heterocycles. The van der Waals surface area contributed by atoms with E-state index in [9.17, 15) is 12.8 Å². The SMILES string of the molecule is CCOc1nccc(S(=O)(=O)Cl)c1F. The highest BCUT2D eigenvalue weighted by Gasteiger charge is 2.20. The molecule has 14 heavy (non-hydrogen) atoms. The number of hydrogen-bond donors (Lipinski definition) is 0. The zero-order valence-corrected chi connectivity index (χ0v) is 8.77. The first-order valence-electron chi connectivity index (χ1n) is 3.68. The molecule has 0 N–H and O–H groups in total. The van der Waals surface area contributed by atoms with Gasteiger partial charge < -0.3 is 4.74 Å². The van der Waals surface area contributed by atoms with Crippen molar-refractivity contribution in [3.8, 4) is 5.88 Å². The van der Waals surface area contributed by atoms with Crippen molar-refractivity contribution in [1.82, 2.24) is 4.98 Å². The van der Waals surface area contributed by atoms with Gasteiger partial charge in [0.05, 0.1) is 6.61 Å². The molecule has 0 saturated carbocycles. The van der Waals surface area contributed by atoms with Crippen LogP contribution in [0.1, 0.15) is 6.92 Å². The predicted molar refractivity (Wildman–Crippen MR) is 48.4 cm³/mol. The van der Waals surface area contributed by atoms with Crippen LogP contribution in [0.3, 0.4) is 0 Å². The number of hydrogen-bond acceptors (Lipinski definition) is 4. The standard InChI is InChI=1S/C7H7ClFNO3S/c1-2-13-7-6(9)5(3-4-10-7)14(8,11)12/h3-4H,2H2,1H3. The van der Waals surface area contributed by atoms with Gasteiger partial charge in [0.25, 0.3) is 14.9 Å². The Morgan fingerprint density at radius 1 is 1.64 bits per heavy atom. The molecule has 1 aromatic rings. The summed E-state index contributed by atoms with van der Waals surface area (Å²) >= 11 is 0. The minimum atomic E-state index is -4.10. The van der Waals surface area contributed by atoms with Crippen molar-refractivity contribution in [2.45, 2.75) is 11.8 Å². The van der Waals surface area contributed by atoms with E-state index >= 15 is 0 Å². The topological polar surface area (TPSA) is 56.3 Å². The van der Waals surface area contributed by atoms with Crippen LogP contribution >= 0.6 is 10.7 Å². The summed E-state index contributed by atoms with van der Waals surface area (Å²) in [7, 11) is 0.888. The summed E-state index contributed by atoms with van der Waals surface area (Å²) in [6.45, 7) is 1.82. The molecule has 0 fully saturated rings. The lowest BCUT2D eigenvalue weighted by atomic mass is 10.4. The Labute approximate surface area is 85.1 Å². The summed E-state index contributed by atoms with van der Waals surface area (Å²) in [5, 5.41) is 0. The van der Waals surface area contributed by atoms with Gasteiger partial charge in [-0.2, -0.15) is 4.39 Å². The first kappa shape index (κ1) is 11.2. The van der Waals surface area contributed by atoms with Crippen LogP contribution in [0.5, 0.6) is 5.88 Å². The molecule has 4 nitrogen and oxygen atoms in total. The van der Waals surface area contributed by atoms with E-state index in [1.54, 1.807) is 6.92 Å². The monoisotopic (exact) mass is 239 g/mol. The molecule has 0 aromatic carbocycles. The molecule has 0 aliphatic carbocycles. The Bertz CT molecular complexity index is 435. The number of pyridine rings is 1. The van der Waals surface area contributed by atoms with Crippen molar-refractivity contribution >= 4 is 19.7 Å². The molecule has 0 bridgehead atoms. The summed E-state index contributed by atoms with van der Waals surface area (Å²) in [5.41, 5.74) is 0. The number of ether oxygens (including phenoxy) is 1. The molecule has 1 aromatic heterocycles. The fourth-order valence-corrected chi connectivity index (χ4v) is 1.72. The largest absolute Gasteiger partial charge is 0.476 e. The lowest BCUT2D eigenvalue weighted by molar-refractivity contribution is 0.303. The van der Waals surface area contributed by atoms with E-state index < -0.39 is 19.8 Å². The third-order valence-corrected chi connectivity index (χ3v) is 2.70. The first-order valence-corrected chi connectivity index (χ1v) is 5.99. The Morgan fingerprint density at radius 2 is 2.29 bits per heavy atom. The van der Waals surface area contributed by atoms with E-state index in [1.165, 1.54) is 0 Å². The summed E-state index contributed by atoms with van der Waals surface area (Å²) in [6, 6.07) is 0.972. The minimum absolute atomic E-state index is 0.190. The second-order valence-electron chi connectivity index (χ2n) is 2.30. The molecular formula is C7H7ClFNO3S. The van der Waals surface area contributed by atoms with E-state index in [0.29, 0.717) is 0 Å². The van der Waals surface area contributed by atoms with E-state index in [2.05, 4.69) is 4.98 Å². The molecule has 78 valence electrons. The molecule has 0 aliphatic heterocycles. The van der Waals surface area contributed by atoms with Crippen LogP contribution in [0.2, 0.25) is 0 Å². The Hall–Kier alpha value is -0.880. The van der Waals surface area contributed by atoms with Gasteiger partial charge in [-0.3, -0.25) is 0 Å². The fourth-order valence-electron chi connectivity index (χ4n) is 0.834. The molecule has 0 radical (unpaired) electrons. The maximum absolute atomic E-state index is 13.3. The van der Waals surface area contributed by atoms with E-state index in [0.717, 1.165) is 12.3 Å². The molecule has 0 spiro atoms. The number of aromatic nitrogens is 1. The average molecular weight is 240 g/mol. The Kier molecular flexibility index (Phi) is 3.28. The van der Waals surface area contributed by atoms with Gasteiger partial charge in [0.1, 0.15) is 4.90 Å². The van der Waals surface area contributed by atoms with Gasteiger partial charge in [-0.05, 0) is 13.0 Å². The Balaban J connectivity index is 3.28. The van der Waals surface area contributed by atoms with Crippen LogP contribution in [0.15, 0.2) is 17.2 Å². The fraction of sp³-hybridized carbons (Fsp3) is 0.286. The van der Waals surface area contributed by atoms with E-state index in [-0.39, 0.29) is 12.5 Å². The second-order valence-corrected chi connectivity index (χ2v) is 4.83. The highest BCUT2D eigenvalue weighted by atomic mass is 35.7. The molecule has 7 heteroatoms. The van der Waals surface area contributed by atoms with E-state index in [1.807, 2.05) is 0 Å². The molecule has 1 rings (SSSR count). The van der Waals surface area contributed by atoms with Crippen LogP contribution in [-0.2, 0) is 9.05 Å². The maximum atomic E-state index is 13.3. The van der Waals surface area contributed by atoms with Gasteiger partial charge in [0.2, 0.25) is 5.82 Å². The molecule has 0 unspecified atom stereocenters. The molecule has 0 saturated heterocycles. The van der Waals surface area contributed by atoms with Crippen molar-refractivity contribution in [1.29, 1.82) is 0 Å². The second kappa shape index (κ2) is 4.10. The normalized spacial score (nSPS) is 11.4. The van der Waals surface area contributed by atoms with Gasteiger partial charge in [-0.1, -0.05) is 0 Å². The highest BCUT2D eigenvalue weighted by molar-refractivity contribution is 8.13. The van der Waals surface area contributed by atoms with Gasteiger partial charge in [0, 0.05) is 16.9 Å². The third-order valence-electron chi connectivity index (χ3n) is 1.37. The van der Waals surface area contributed by atoms with Crippen molar-refractivity contribution in [3.63, 3.8) is 0 Å². The van der Waals surface area contributed by atoms with Crippen molar-refractivity contribution < 1.29 is 17.5 Å². The van der Waals surface area contributed by atoms with Crippen LogP contribution in [-0.4, -0.2) is 20.0 Å². The lowest BCUT2D eigenvalue weighted by Crippen LogP contribution is -2.02. The molecule has 0 aliphatic rings. The Morgan fingerprint density at radius 3 is 2.79 bits per heavy atom. The van der Waals surface area contributed by atoms with Crippen molar-refractivity contribution in [3.05, 3.63) is 18.1 Å². The quantitative estimate of drug-likeness (QED) is 0.751. The van der Waals surface area contributed by atoms with E-state index in [4.69, 9.17) is 15.4 Å². The average Bonchev–Trinajstić information content (AvgIpc) is 2.07. The summed E-state index contributed by atoms with van der Waals surface area (Å²) in [5.74, 6) is -1.43. The van der Waals surface area contributed by atoms with Gasteiger partial charge >= 0.3 is 0 Å². The van der Waals surface area contributed by atoms with Gasteiger partial charge in [-0.15, -0.1) is 0 Å². The van der Waals surface area contributed by atoms with Gasteiger partial charge in [0.15, 0.2) is 0 Å². The number of nitrogens with zero attached hydrogens (tertiary/aromatic N) is 1. The van der Waals surface area contributed by atoms with Crippen LogP contribution in [0, 0.1) is 5.82 Å². The smallest absolute Gasteiger partial charge is 0.264 e. The number of rotatable bonds is 3. The first-order chi connectivity index (χ1) is 6.46. The maximum Gasteiger partial charge on any atom is 0.264 e. The zero-order valence-electron chi connectivity index (χ0n) is 7.20. The van der Waals surface area contributed by atoms with Crippen molar-refractivity contribution in [2.24, 2.45) is 0 Å². The minimum Gasteiger partial charge on any atom is -0.476 e. The van der Waals surface area contributed by atoms with Crippen LogP contribution < -0.4 is 4.74 Å². The molecule has 0 atom stereocenters. The lowest BCUT2D eigenvalue weighted by Gasteiger charge is -2.04. The highest BCUT2D eigenvalue weighted by Crippen LogP contribution is 2.23. The predicted octanol–water partition coefficient (Wildman–Crippen LogP) is 1.55. The van der Waals surface area contributed by atoms with Crippen molar-refractivity contribution in [2.75, 3.05) is 6.61 Å². The molecule has 0 amide bonds. The van der Waals surface area contributed by atoms with Gasteiger partial charge in [-0.25, -0.2) is 13.4 Å². The third kappa shape index (κ3) is 2.33. The zero-order chi connectivity index (χ0) is 10.8. The van der Waals surface area contributed by atoms with Crippen LogP contribution in [0.4, 0.5) is 4.39 Å².